The second kappa shape index (κ2) is 7.24. The molecular weight excluding hydrogens is 318 g/mol. The zero-order chi connectivity index (χ0) is 17.8. The number of fused-ring (bicyclic) bond motifs is 1. The molecule has 0 spiro atoms. The van der Waals surface area contributed by atoms with Crippen molar-refractivity contribution in [2.75, 3.05) is 0 Å². The third-order valence-corrected chi connectivity index (χ3v) is 4.35. The van der Waals surface area contributed by atoms with Gasteiger partial charge in [-0.2, -0.15) is 0 Å². The predicted octanol–water partition coefficient (Wildman–Crippen LogP) is 6.51. The quantitative estimate of drug-likeness (QED) is 0.396. The topological polar surface area (TPSA) is 22.1 Å². The number of ether oxygens (including phenoxy) is 1. The summed E-state index contributed by atoms with van der Waals surface area (Å²) in [5, 5.41) is 2.48. The Labute approximate surface area is 153 Å². The Morgan fingerprint density at radius 3 is 2.35 bits per heavy atom. The van der Waals surface area contributed by atoms with Gasteiger partial charge in [-0.15, -0.1) is 0 Å². The zero-order valence-corrected chi connectivity index (χ0v) is 14.6. The van der Waals surface area contributed by atoms with Crippen molar-refractivity contribution < 1.29 is 4.74 Å². The van der Waals surface area contributed by atoms with Gasteiger partial charge in [0.15, 0.2) is 0 Å². The standard InChI is InChI=1S/C24H19NO/c1-18-8-6-12-21(24(18)26-23-14-4-5-17-25-23)16-15-20-11-7-10-19-9-2-3-13-22(19)20/h2-17H,1H3/b16-15+. The fourth-order valence-electron chi connectivity index (χ4n) is 3.03. The van der Waals surface area contributed by atoms with Crippen molar-refractivity contribution in [3.63, 3.8) is 0 Å². The number of aryl methyl sites for hydroxylation is 1. The van der Waals surface area contributed by atoms with Crippen LogP contribution < -0.4 is 4.74 Å². The van der Waals surface area contributed by atoms with Gasteiger partial charge in [0.2, 0.25) is 5.88 Å². The summed E-state index contributed by atoms with van der Waals surface area (Å²) in [7, 11) is 0. The van der Waals surface area contributed by atoms with E-state index in [9.17, 15) is 0 Å². The van der Waals surface area contributed by atoms with E-state index in [2.05, 4.69) is 65.7 Å². The van der Waals surface area contributed by atoms with Crippen molar-refractivity contribution in [1.29, 1.82) is 0 Å². The van der Waals surface area contributed by atoms with E-state index in [-0.39, 0.29) is 0 Å². The summed E-state index contributed by atoms with van der Waals surface area (Å²) in [6.45, 7) is 2.05. The van der Waals surface area contributed by atoms with Gasteiger partial charge in [0, 0.05) is 17.8 Å². The molecule has 0 bridgehead atoms. The van der Waals surface area contributed by atoms with E-state index in [4.69, 9.17) is 4.74 Å². The van der Waals surface area contributed by atoms with Crippen molar-refractivity contribution in [3.05, 3.63) is 102 Å². The summed E-state index contributed by atoms with van der Waals surface area (Å²) in [6.07, 6.45) is 5.98. The first-order valence-electron chi connectivity index (χ1n) is 8.65. The van der Waals surface area contributed by atoms with Crippen LogP contribution in [0.2, 0.25) is 0 Å². The third kappa shape index (κ3) is 3.35. The monoisotopic (exact) mass is 337 g/mol. The zero-order valence-electron chi connectivity index (χ0n) is 14.6. The van der Waals surface area contributed by atoms with Crippen LogP contribution in [0.5, 0.6) is 11.6 Å². The average molecular weight is 337 g/mol. The Bertz CT molecular complexity index is 1060. The molecule has 126 valence electrons. The van der Waals surface area contributed by atoms with Gasteiger partial charge in [-0.3, -0.25) is 0 Å². The molecule has 0 aliphatic heterocycles. The molecule has 1 heterocycles. The Kier molecular flexibility index (Phi) is 4.48. The van der Waals surface area contributed by atoms with Crippen molar-refractivity contribution in [1.82, 2.24) is 4.98 Å². The van der Waals surface area contributed by atoms with Gasteiger partial charge in [0.1, 0.15) is 5.75 Å². The molecule has 0 saturated heterocycles. The van der Waals surface area contributed by atoms with Crippen molar-refractivity contribution in [3.8, 4) is 11.6 Å². The van der Waals surface area contributed by atoms with Gasteiger partial charge in [0.25, 0.3) is 0 Å². The van der Waals surface area contributed by atoms with Crippen LogP contribution in [0.4, 0.5) is 0 Å². The number of hydrogen-bond donors (Lipinski definition) is 0. The highest BCUT2D eigenvalue weighted by Crippen LogP contribution is 2.30. The molecule has 0 amide bonds. The molecule has 0 unspecified atom stereocenters. The van der Waals surface area contributed by atoms with Crippen LogP contribution in [0, 0.1) is 6.92 Å². The molecule has 26 heavy (non-hydrogen) atoms. The van der Waals surface area contributed by atoms with Crippen LogP contribution in [0.15, 0.2) is 85.1 Å². The van der Waals surface area contributed by atoms with Crippen molar-refractivity contribution in [2.45, 2.75) is 6.92 Å². The number of rotatable bonds is 4. The Morgan fingerprint density at radius 1 is 0.731 bits per heavy atom. The van der Waals surface area contributed by atoms with Crippen LogP contribution >= 0.6 is 0 Å². The molecule has 0 aliphatic carbocycles. The third-order valence-electron chi connectivity index (χ3n) is 4.35. The summed E-state index contributed by atoms with van der Waals surface area (Å²) in [4.78, 5) is 4.27. The fraction of sp³-hybridized carbons (Fsp3) is 0.0417. The fourth-order valence-corrected chi connectivity index (χ4v) is 3.03. The van der Waals surface area contributed by atoms with E-state index in [1.807, 2.05) is 37.3 Å². The maximum absolute atomic E-state index is 6.05. The van der Waals surface area contributed by atoms with Gasteiger partial charge in [-0.05, 0) is 34.9 Å². The highest BCUT2D eigenvalue weighted by atomic mass is 16.5. The van der Waals surface area contributed by atoms with Gasteiger partial charge in [-0.1, -0.05) is 78.9 Å². The lowest BCUT2D eigenvalue weighted by Crippen LogP contribution is -1.92. The van der Waals surface area contributed by atoms with Crippen LogP contribution in [0.1, 0.15) is 16.7 Å². The highest BCUT2D eigenvalue weighted by Gasteiger charge is 2.07. The molecule has 1 aromatic heterocycles. The minimum atomic E-state index is 0.599. The second-order valence-electron chi connectivity index (χ2n) is 6.17. The van der Waals surface area contributed by atoms with E-state index in [0.29, 0.717) is 5.88 Å². The number of para-hydroxylation sites is 1. The number of aromatic nitrogens is 1. The van der Waals surface area contributed by atoms with E-state index >= 15 is 0 Å². The van der Waals surface area contributed by atoms with Crippen molar-refractivity contribution >= 4 is 22.9 Å². The maximum Gasteiger partial charge on any atom is 0.219 e. The minimum Gasteiger partial charge on any atom is -0.438 e. The summed E-state index contributed by atoms with van der Waals surface area (Å²) >= 11 is 0. The maximum atomic E-state index is 6.05. The summed E-state index contributed by atoms with van der Waals surface area (Å²) in [6, 6.07) is 26.6. The smallest absolute Gasteiger partial charge is 0.219 e. The molecule has 2 nitrogen and oxygen atoms in total. The molecule has 3 aromatic carbocycles. The molecule has 0 aliphatic rings. The number of pyridine rings is 1. The minimum absolute atomic E-state index is 0.599. The van der Waals surface area contributed by atoms with E-state index < -0.39 is 0 Å². The van der Waals surface area contributed by atoms with E-state index in [0.717, 1.165) is 16.9 Å². The first kappa shape index (κ1) is 16.1. The Hall–Kier alpha value is -3.39. The Balaban J connectivity index is 1.72. The summed E-state index contributed by atoms with van der Waals surface area (Å²) < 4.78 is 6.05. The first-order valence-corrected chi connectivity index (χ1v) is 8.65. The second-order valence-corrected chi connectivity index (χ2v) is 6.17. The SMILES string of the molecule is Cc1cccc(/C=C/c2cccc3ccccc23)c1Oc1ccccn1. The molecule has 2 heteroatoms. The molecule has 0 fully saturated rings. The number of nitrogens with zero attached hydrogens (tertiary/aromatic N) is 1. The average Bonchev–Trinajstić information content (AvgIpc) is 2.69. The lowest BCUT2D eigenvalue weighted by Gasteiger charge is -2.11. The van der Waals surface area contributed by atoms with Crippen molar-refractivity contribution in [2.24, 2.45) is 0 Å². The molecule has 0 saturated carbocycles. The van der Waals surface area contributed by atoms with Crippen LogP contribution in [-0.4, -0.2) is 4.98 Å². The van der Waals surface area contributed by atoms with Gasteiger partial charge in [-0.25, -0.2) is 4.98 Å². The predicted molar refractivity (Wildman–Crippen MR) is 108 cm³/mol. The summed E-state index contributed by atoms with van der Waals surface area (Å²) in [5.41, 5.74) is 3.30. The number of hydrogen-bond acceptors (Lipinski definition) is 2. The Morgan fingerprint density at radius 2 is 1.46 bits per heavy atom. The molecule has 0 radical (unpaired) electrons. The molecular formula is C24H19NO. The summed E-state index contributed by atoms with van der Waals surface area (Å²) in [5.74, 6) is 1.43. The van der Waals surface area contributed by atoms with Gasteiger partial charge < -0.3 is 4.74 Å². The molecule has 0 N–H and O–H groups in total. The normalized spacial score (nSPS) is 11.1. The highest BCUT2D eigenvalue weighted by molar-refractivity contribution is 5.93. The molecule has 0 atom stereocenters. The lowest BCUT2D eigenvalue weighted by molar-refractivity contribution is 0.458. The van der Waals surface area contributed by atoms with Crippen LogP contribution in [-0.2, 0) is 0 Å². The molecule has 4 aromatic rings. The van der Waals surface area contributed by atoms with Crippen LogP contribution in [0.3, 0.4) is 0 Å². The first-order chi connectivity index (χ1) is 12.8. The van der Waals surface area contributed by atoms with Crippen LogP contribution in [0.25, 0.3) is 22.9 Å². The molecule has 4 rings (SSSR count). The largest absolute Gasteiger partial charge is 0.438 e. The van der Waals surface area contributed by atoms with E-state index in [1.54, 1.807) is 6.20 Å². The van der Waals surface area contributed by atoms with Gasteiger partial charge in [0.05, 0.1) is 0 Å². The van der Waals surface area contributed by atoms with E-state index in [1.165, 1.54) is 16.3 Å². The van der Waals surface area contributed by atoms with Gasteiger partial charge >= 0.3 is 0 Å². The number of benzene rings is 3. The lowest BCUT2D eigenvalue weighted by atomic mass is 10.0.